The van der Waals surface area contributed by atoms with Crippen molar-refractivity contribution in [1.82, 2.24) is 0 Å². The standard InChI is InChI=1S/C11H11NO6/c13-7-8-3-1-4-9(11(8)12(16)17)18-6-2-5-10(14)15/h1,3-4,7H,2,5-6H2,(H,14,15). The summed E-state index contributed by atoms with van der Waals surface area (Å²) in [6.07, 6.45) is 0.529. The number of rotatable bonds is 7. The molecule has 1 aromatic carbocycles. The lowest BCUT2D eigenvalue weighted by molar-refractivity contribution is -0.386. The van der Waals surface area contributed by atoms with E-state index < -0.39 is 16.6 Å². The molecule has 1 aromatic rings. The van der Waals surface area contributed by atoms with E-state index in [0.717, 1.165) is 0 Å². The minimum atomic E-state index is -0.963. The minimum absolute atomic E-state index is 0.0324. The van der Waals surface area contributed by atoms with E-state index in [1.165, 1.54) is 18.2 Å². The number of hydrogen-bond acceptors (Lipinski definition) is 5. The van der Waals surface area contributed by atoms with Crippen molar-refractivity contribution in [1.29, 1.82) is 0 Å². The highest BCUT2D eigenvalue weighted by Crippen LogP contribution is 2.29. The summed E-state index contributed by atoms with van der Waals surface area (Å²) in [4.78, 5) is 31.1. The molecule has 96 valence electrons. The molecular formula is C11H11NO6. The van der Waals surface area contributed by atoms with Crippen LogP contribution in [0.25, 0.3) is 0 Å². The fraction of sp³-hybridized carbons (Fsp3) is 0.273. The Labute approximate surface area is 102 Å². The van der Waals surface area contributed by atoms with Crippen LogP contribution in [-0.2, 0) is 4.79 Å². The van der Waals surface area contributed by atoms with Crippen LogP contribution in [0.5, 0.6) is 5.75 Å². The van der Waals surface area contributed by atoms with E-state index in [2.05, 4.69) is 0 Å². The molecule has 0 aromatic heterocycles. The maximum Gasteiger partial charge on any atom is 0.321 e. The number of nitrogens with zero attached hydrogens (tertiary/aromatic N) is 1. The number of carbonyl (C=O) groups excluding carboxylic acids is 1. The van der Waals surface area contributed by atoms with E-state index in [1.54, 1.807) is 0 Å². The van der Waals surface area contributed by atoms with Crippen molar-refractivity contribution in [2.45, 2.75) is 12.8 Å². The molecule has 7 heteroatoms. The Kier molecular flexibility index (Phi) is 4.79. The summed E-state index contributed by atoms with van der Waals surface area (Å²) in [5, 5.41) is 19.2. The number of benzene rings is 1. The van der Waals surface area contributed by atoms with E-state index in [1.807, 2.05) is 0 Å². The Morgan fingerprint density at radius 1 is 1.50 bits per heavy atom. The number of carbonyl (C=O) groups is 2. The quantitative estimate of drug-likeness (QED) is 0.342. The van der Waals surface area contributed by atoms with Gasteiger partial charge in [0.15, 0.2) is 12.0 Å². The molecule has 0 spiro atoms. The summed E-state index contributed by atoms with van der Waals surface area (Å²) < 4.78 is 5.13. The van der Waals surface area contributed by atoms with Crippen LogP contribution in [0.2, 0.25) is 0 Å². The summed E-state index contributed by atoms with van der Waals surface area (Å²) in [5.74, 6) is -0.996. The zero-order chi connectivity index (χ0) is 13.5. The molecule has 1 rings (SSSR count). The number of carboxylic acid groups (broad SMARTS) is 1. The van der Waals surface area contributed by atoms with Crippen molar-refractivity contribution >= 4 is 17.9 Å². The lowest BCUT2D eigenvalue weighted by Gasteiger charge is -2.06. The smallest absolute Gasteiger partial charge is 0.321 e. The normalized spacial score (nSPS) is 9.78. The number of carboxylic acids is 1. The van der Waals surface area contributed by atoms with Gasteiger partial charge in [-0.3, -0.25) is 19.7 Å². The summed E-state index contributed by atoms with van der Waals surface area (Å²) in [7, 11) is 0. The number of aldehydes is 1. The third-order valence-corrected chi connectivity index (χ3v) is 2.13. The maximum atomic E-state index is 10.8. The van der Waals surface area contributed by atoms with Gasteiger partial charge in [0.1, 0.15) is 0 Å². The fourth-order valence-electron chi connectivity index (χ4n) is 1.35. The SMILES string of the molecule is O=Cc1cccc(OCCCC(=O)O)c1[N+](=O)[O-]. The van der Waals surface area contributed by atoms with Crippen molar-refractivity contribution in [3.8, 4) is 5.75 Å². The predicted molar refractivity (Wildman–Crippen MR) is 60.8 cm³/mol. The molecule has 0 fully saturated rings. The number of aliphatic carboxylic acids is 1. The molecule has 0 aliphatic rings. The van der Waals surface area contributed by atoms with Gasteiger partial charge >= 0.3 is 11.7 Å². The average Bonchev–Trinajstić information content (AvgIpc) is 2.33. The van der Waals surface area contributed by atoms with E-state index in [0.29, 0.717) is 6.29 Å². The van der Waals surface area contributed by atoms with Crippen LogP contribution in [0, 0.1) is 10.1 Å². The van der Waals surface area contributed by atoms with Crippen molar-refractivity contribution in [3.05, 3.63) is 33.9 Å². The minimum Gasteiger partial charge on any atom is -0.487 e. The molecule has 0 aliphatic carbocycles. The predicted octanol–water partition coefficient (Wildman–Crippen LogP) is 1.65. The Bertz CT molecular complexity index is 471. The first-order chi connectivity index (χ1) is 8.56. The Morgan fingerprint density at radius 2 is 2.22 bits per heavy atom. The first kappa shape index (κ1) is 13.6. The van der Waals surface area contributed by atoms with Crippen molar-refractivity contribution in [2.75, 3.05) is 6.61 Å². The average molecular weight is 253 g/mol. The third-order valence-electron chi connectivity index (χ3n) is 2.13. The Hall–Kier alpha value is -2.44. The molecule has 1 N–H and O–H groups in total. The zero-order valence-electron chi connectivity index (χ0n) is 9.37. The lowest BCUT2D eigenvalue weighted by atomic mass is 10.2. The van der Waals surface area contributed by atoms with Gasteiger partial charge in [0.05, 0.1) is 17.1 Å². The molecule has 0 bridgehead atoms. The second-order valence-corrected chi connectivity index (χ2v) is 3.41. The van der Waals surface area contributed by atoms with Crippen LogP contribution in [0.15, 0.2) is 18.2 Å². The molecular weight excluding hydrogens is 242 g/mol. The summed E-state index contributed by atoms with van der Waals surface area (Å²) >= 11 is 0. The van der Waals surface area contributed by atoms with Crippen LogP contribution >= 0.6 is 0 Å². The van der Waals surface area contributed by atoms with Crippen LogP contribution in [0.3, 0.4) is 0 Å². The molecule has 0 heterocycles. The second-order valence-electron chi connectivity index (χ2n) is 3.41. The van der Waals surface area contributed by atoms with E-state index >= 15 is 0 Å². The van der Waals surface area contributed by atoms with Gasteiger partial charge in [0.2, 0.25) is 0 Å². The first-order valence-corrected chi connectivity index (χ1v) is 5.13. The Balaban J connectivity index is 2.78. The summed E-state index contributed by atoms with van der Waals surface area (Å²) in [5.41, 5.74) is -0.474. The zero-order valence-corrected chi connectivity index (χ0v) is 9.37. The van der Waals surface area contributed by atoms with E-state index in [-0.39, 0.29) is 30.8 Å². The van der Waals surface area contributed by atoms with Crippen LogP contribution < -0.4 is 4.74 Å². The van der Waals surface area contributed by atoms with E-state index in [4.69, 9.17) is 9.84 Å². The number of hydrogen-bond donors (Lipinski definition) is 1. The van der Waals surface area contributed by atoms with Gasteiger partial charge in [-0.05, 0) is 18.6 Å². The monoisotopic (exact) mass is 253 g/mol. The van der Waals surface area contributed by atoms with Gasteiger partial charge in [0.25, 0.3) is 0 Å². The van der Waals surface area contributed by atoms with Crippen molar-refractivity contribution < 1.29 is 24.4 Å². The lowest BCUT2D eigenvalue weighted by Crippen LogP contribution is -2.05. The Morgan fingerprint density at radius 3 is 2.78 bits per heavy atom. The number of nitro benzene ring substituents is 1. The molecule has 0 aliphatic heterocycles. The third kappa shape index (κ3) is 3.55. The molecule has 0 saturated heterocycles. The van der Waals surface area contributed by atoms with Gasteiger partial charge in [-0.15, -0.1) is 0 Å². The van der Waals surface area contributed by atoms with Crippen molar-refractivity contribution in [2.24, 2.45) is 0 Å². The van der Waals surface area contributed by atoms with Gasteiger partial charge in [0, 0.05) is 6.42 Å². The molecule has 0 amide bonds. The largest absolute Gasteiger partial charge is 0.487 e. The summed E-state index contributed by atoms with van der Waals surface area (Å²) in [6.45, 7) is 0.0372. The molecule has 18 heavy (non-hydrogen) atoms. The molecule has 0 atom stereocenters. The first-order valence-electron chi connectivity index (χ1n) is 5.13. The number of para-hydroxylation sites is 1. The number of ether oxygens (including phenoxy) is 1. The highest BCUT2D eigenvalue weighted by Gasteiger charge is 2.20. The second kappa shape index (κ2) is 6.33. The molecule has 7 nitrogen and oxygen atoms in total. The van der Waals surface area contributed by atoms with E-state index in [9.17, 15) is 19.7 Å². The summed E-state index contributed by atoms with van der Waals surface area (Å²) in [6, 6.07) is 4.14. The van der Waals surface area contributed by atoms with Crippen LogP contribution in [0.4, 0.5) is 5.69 Å². The van der Waals surface area contributed by atoms with Gasteiger partial charge in [-0.2, -0.15) is 0 Å². The van der Waals surface area contributed by atoms with Crippen LogP contribution in [-0.4, -0.2) is 28.9 Å². The molecule has 0 radical (unpaired) electrons. The number of nitro groups is 1. The highest BCUT2D eigenvalue weighted by atomic mass is 16.6. The maximum absolute atomic E-state index is 10.8. The molecule has 0 saturated carbocycles. The van der Waals surface area contributed by atoms with Gasteiger partial charge in [-0.1, -0.05) is 6.07 Å². The van der Waals surface area contributed by atoms with Gasteiger partial charge in [-0.25, -0.2) is 0 Å². The highest BCUT2D eigenvalue weighted by molar-refractivity contribution is 5.83. The van der Waals surface area contributed by atoms with Gasteiger partial charge < -0.3 is 9.84 Å². The molecule has 0 unspecified atom stereocenters. The van der Waals surface area contributed by atoms with Crippen molar-refractivity contribution in [3.63, 3.8) is 0 Å². The van der Waals surface area contributed by atoms with Crippen LogP contribution in [0.1, 0.15) is 23.2 Å². The fourth-order valence-corrected chi connectivity index (χ4v) is 1.35. The topological polar surface area (TPSA) is 107 Å².